The lowest BCUT2D eigenvalue weighted by atomic mass is 10.1. The van der Waals surface area contributed by atoms with Crippen molar-refractivity contribution >= 4 is 40.9 Å². The first-order valence-electron chi connectivity index (χ1n) is 7.92. The number of fused-ring (bicyclic) bond motifs is 1. The Morgan fingerprint density at radius 1 is 1.19 bits per heavy atom. The molecule has 1 aliphatic rings. The number of alkyl halides is 3. The summed E-state index contributed by atoms with van der Waals surface area (Å²) in [4.78, 5) is 25.1. The van der Waals surface area contributed by atoms with E-state index in [1.165, 1.54) is 23.9 Å². The number of carbonyl (C=O) groups excluding carboxylic acids is 2. The topological polar surface area (TPSA) is 58.2 Å². The van der Waals surface area contributed by atoms with Gasteiger partial charge in [-0.15, -0.1) is 11.8 Å². The van der Waals surface area contributed by atoms with Gasteiger partial charge in [-0.3, -0.25) is 9.59 Å². The van der Waals surface area contributed by atoms with Crippen LogP contribution in [0.4, 0.5) is 18.9 Å². The van der Waals surface area contributed by atoms with Gasteiger partial charge >= 0.3 is 6.18 Å². The molecule has 0 spiro atoms. The Morgan fingerprint density at radius 3 is 2.56 bits per heavy atom. The predicted octanol–water partition coefficient (Wildman–Crippen LogP) is 4.48. The molecule has 0 saturated carbocycles. The van der Waals surface area contributed by atoms with Gasteiger partial charge in [-0.1, -0.05) is 23.7 Å². The summed E-state index contributed by atoms with van der Waals surface area (Å²) in [6.07, 6.45) is -4.44. The van der Waals surface area contributed by atoms with E-state index in [4.69, 9.17) is 11.6 Å². The fraction of sp³-hybridized carbons (Fsp3) is 0.222. The zero-order valence-electron chi connectivity index (χ0n) is 13.8. The van der Waals surface area contributed by atoms with Crippen molar-refractivity contribution in [2.45, 2.75) is 29.3 Å². The number of thioether (sulfide) groups is 1. The lowest BCUT2D eigenvalue weighted by Gasteiger charge is -2.23. The second-order valence-electron chi connectivity index (χ2n) is 5.91. The van der Waals surface area contributed by atoms with Crippen molar-refractivity contribution < 1.29 is 22.8 Å². The van der Waals surface area contributed by atoms with Crippen LogP contribution in [0.1, 0.15) is 17.5 Å². The second kappa shape index (κ2) is 7.82. The van der Waals surface area contributed by atoms with E-state index in [1.54, 1.807) is 18.2 Å². The molecule has 1 unspecified atom stereocenters. The van der Waals surface area contributed by atoms with Crippen molar-refractivity contribution in [2.24, 2.45) is 0 Å². The zero-order valence-corrected chi connectivity index (χ0v) is 15.3. The summed E-state index contributed by atoms with van der Waals surface area (Å²) in [7, 11) is 0. The maximum Gasteiger partial charge on any atom is 0.416 e. The molecule has 0 bridgehead atoms. The maximum absolute atomic E-state index is 12.5. The smallest absolute Gasteiger partial charge is 0.352 e. The normalized spacial score (nSPS) is 16.4. The van der Waals surface area contributed by atoms with Gasteiger partial charge in [0.2, 0.25) is 11.8 Å². The lowest BCUT2D eigenvalue weighted by molar-refractivity contribution is -0.137. The van der Waals surface area contributed by atoms with Crippen LogP contribution >= 0.6 is 23.4 Å². The van der Waals surface area contributed by atoms with Crippen LogP contribution in [0, 0.1) is 0 Å². The predicted molar refractivity (Wildman–Crippen MR) is 97.6 cm³/mol. The zero-order chi connectivity index (χ0) is 19.6. The van der Waals surface area contributed by atoms with E-state index in [-0.39, 0.29) is 24.8 Å². The Kier molecular flexibility index (Phi) is 5.67. The Balaban J connectivity index is 1.55. The molecule has 2 aromatic carbocycles. The van der Waals surface area contributed by atoms with Crippen LogP contribution in [0.2, 0.25) is 5.02 Å². The van der Waals surface area contributed by atoms with Crippen LogP contribution in [0.25, 0.3) is 0 Å². The summed E-state index contributed by atoms with van der Waals surface area (Å²) >= 11 is 7.16. The van der Waals surface area contributed by atoms with E-state index in [0.29, 0.717) is 16.3 Å². The Hall–Kier alpha value is -2.19. The highest BCUT2D eigenvalue weighted by Gasteiger charge is 2.30. The third kappa shape index (κ3) is 4.95. The summed E-state index contributed by atoms with van der Waals surface area (Å²) in [5.74, 6) is -0.653. The van der Waals surface area contributed by atoms with Gasteiger partial charge in [-0.2, -0.15) is 13.2 Å². The van der Waals surface area contributed by atoms with Crippen molar-refractivity contribution in [3.63, 3.8) is 0 Å². The molecule has 0 fully saturated rings. The van der Waals surface area contributed by atoms with Crippen molar-refractivity contribution in [1.82, 2.24) is 5.32 Å². The second-order valence-corrected chi connectivity index (χ2v) is 7.59. The molecule has 27 heavy (non-hydrogen) atoms. The van der Waals surface area contributed by atoms with E-state index >= 15 is 0 Å². The Morgan fingerprint density at radius 2 is 1.89 bits per heavy atom. The molecule has 0 aliphatic carbocycles. The van der Waals surface area contributed by atoms with Crippen LogP contribution in [0.5, 0.6) is 0 Å². The van der Waals surface area contributed by atoms with Crippen LogP contribution in [0.3, 0.4) is 0 Å². The molecule has 2 N–H and O–H groups in total. The molecule has 1 heterocycles. The van der Waals surface area contributed by atoms with Gasteiger partial charge in [0, 0.05) is 22.9 Å². The minimum absolute atomic E-state index is 0.0425. The highest BCUT2D eigenvalue weighted by molar-refractivity contribution is 8.01. The molecule has 3 rings (SSSR count). The highest BCUT2D eigenvalue weighted by atomic mass is 35.5. The molecule has 0 aromatic heterocycles. The van der Waals surface area contributed by atoms with E-state index in [2.05, 4.69) is 10.6 Å². The molecule has 0 saturated heterocycles. The average molecular weight is 415 g/mol. The fourth-order valence-electron chi connectivity index (χ4n) is 2.51. The van der Waals surface area contributed by atoms with E-state index in [9.17, 15) is 22.8 Å². The molecule has 1 aliphatic heterocycles. The van der Waals surface area contributed by atoms with Gasteiger partial charge in [0.25, 0.3) is 0 Å². The molecular weight excluding hydrogens is 401 g/mol. The van der Waals surface area contributed by atoms with Crippen molar-refractivity contribution in [2.75, 3.05) is 5.32 Å². The van der Waals surface area contributed by atoms with Crippen molar-refractivity contribution in [3.05, 3.63) is 58.6 Å². The van der Waals surface area contributed by atoms with Crippen LogP contribution in [-0.4, -0.2) is 17.1 Å². The fourth-order valence-corrected chi connectivity index (χ4v) is 3.77. The van der Waals surface area contributed by atoms with Gasteiger partial charge in [-0.05, 0) is 35.9 Å². The third-order valence-corrected chi connectivity index (χ3v) is 5.41. The summed E-state index contributed by atoms with van der Waals surface area (Å²) in [5.41, 5.74) is 0.405. The standard InChI is InChI=1S/C18H14ClF3N2O2S/c19-12-5-6-14-13(7-12)24-17(26)15(27-14)8-16(25)23-9-10-1-3-11(4-2-10)18(20,21)22/h1-7,15H,8-9H2,(H,23,25)(H,24,26). The lowest BCUT2D eigenvalue weighted by Crippen LogP contribution is -2.34. The Bertz CT molecular complexity index is 872. The summed E-state index contributed by atoms with van der Waals surface area (Å²) < 4.78 is 37.6. The number of benzene rings is 2. The van der Waals surface area contributed by atoms with Crippen LogP contribution in [0.15, 0.2) is 47.4 Å². The number of hydrogen-bond acceptors (Lipinski definition) is 3. The number of amides is 2. The van der Waals surface area contributed by atoms with E-state index in [1.807, 2.05) is 0 Å². The van der Waals surface area contributed by atoms with Crippen LogP contribution in [-0.2, 0) is 22.3 Å². The van der Waals surface area contributed by atoms with E-state index < -0.39 is 17.0 Å². The molecule has 4 nitrogen and oxygen atoms in total. The molecule has 1 atom stereocenters. The first-order valence-corrected chi connectivity index (χ1v) is 9.18. The van der Waals surface area contributed by atoms with E-state index in [0.717, 1.165) is 17.0 Å². The first kappa shape index (κ1) is 19.6. The SMILES string of the molecule is O=C(CC1Sc2ccc(Cl)cc2NC1=O)NCc1ccc(C(F)(F)F)cc1. The minimum Gasteiger partial charge on any atom is -0.352 e. The Labute approximate surface area is 162 Å². The molecular formula is C18H14ClF3N2O2S. The maximum atomic E-state index is 12.5. The molecule has 142 valence electrons. The number of hydrogen-bond donors (Lipinski definition) is 2. The van der Waals surface area contributed by atoms with Crippen molar-refractivity contribution in [3.8, 4) is 0 Å². The number of carbonyl (C=O) groups is 2. The largest absolute Gasteiger partial charge is 0.416 e. The molecule has 2 aromatic rings. The number of rotatable bonds is 4. The van der Waals surface area contributed by atoms with Crippen LogP contribution < -0.4 is 10.6 Å². The summed E-state index contributed by atoms with van der Waals surface area (Å²) in [5, 5.41) is 5.25. The molecule has 9 heteroatoms. The number of halogens is 4. The quantitative estimate of drug-likeness (QED) is 0.775. The third-order valence-electron chi connectivity index (χ3n) is 3.90. The first-order chi connectivity index (χ1) is 12.7. The van der Waals surface area contributed by atoms with Gasteiger partial charge in [0.05, 0.1) is 16.5 Å². The number of anilines is 1. The van der Waals surface area contributed by atoms with Gasteiger partial charge < -0.3 is 10.6 Å². The monoisotopic (exact) mass is 414 g/mol. The number of nitrogens with one attached hydrogen (secondary N) is 2. The average Bonchev–Trinajstić information content (AvgIpc) is 2.60. The molecule has 2 amide bonds. The van der Waals surface area contributed by atoms with Gasteiger partial charge in [0.15, 0.2) is 0 Å². The van der Waals surface area contributed by atoms with Gasteiger partial charge in [0.1, 0.15) is 0 Å². The summed E-state index contributed by atoms with van der Waals surface area (Å²) in [6, 6.07) is 9.67. The summed E-state index contributed by atoms with van der Waals surface area (Å²) in [6.45, 7) is 0.0855. The highest BCUT2D eigenvalue weighted by Crippen LogP contribution is 2.38. The van der Waals surface area contributed by atoms with Crippen molar-refractivity contribution in [1.29, 1.82) is 0 Å². The molecule has 0 radical (unpaired) electrons. The minimum atomic E-state index is -4.39. The van der Waals surface area contributed by atoms with Gasteiger partial charge in [-0.25, -0.2) is 0 Å².